The Kier molecular flexibility index (Phi) is 5.89. The molecule has 2 aromatic carbocycles. The Labute approximate surface area is 179 Å². The second-order valence-electron chi connectivity index (χ2n) is 7.80. The summed E-state index contributed by atoms with van der Waals surface area (Å²) in [6.07, 6.45) is 0. The Bertz CT molecular complexity index is 1100. The molecule has 1 aromatic heterocycles. The van der Waals surface area contributed by atoms with Gasteiger partial charge in [-0.1, -0.05) is 53.6 Å². The van der Waals surface area contributed by atoms with Crippen LogP contribution in [-0.4, -0.2) is 32.6 Å². The Balaban J connectivity index is 2.28. The van der Waals surface area contributed by atoms with Crippen molar-refractivity contribution in [3.05, 3.63) is 70.5 Å². The van der Waals surface area contributed by atoms with Gasteiger partial charge in [-0.05, 0) is 39.8 Å². The molecule has 0 aliphatic heterocycles. The third-order valence-electron chi connectivity index (χ3n) is 4.13. The summed E-state index contributed by atoms with van der Waals surface area (Å²) in [5.41, 5.74) is 1.46. The van der Waals surface area contributed by atoms with Crippen molar-refractivity contribution in [3.63, 3.8) is 0 Å². The number of rotatable bonds is 4. The molecule has 30 heavy (non-hydrogen) atoms. The van der Waals surface area contributed by atoms with Gasteiger partial charge in [0, 0.05) is 16.1 Å². The molecule has 6 nitrogen and oxygen atoms in total. The predicted octanol–water partition coefficient (Wildman–Crippen LogP) is 5.43. The van der Waals surface area contributed by atoms with Gasteiger partial charge in [-0.25, -0.2) is 19.6 Å². The maximum atomic E-state index is 12.7. The van der Waals surface area contributed by atoms with E-state index in [1.165, 1.54) is 0 Å². The van der Waals surface area contributed by atoms with Crippen molar-refractivity contribution in [2.75, 3.05) is 0 Å². The van der Waals surface area contributed by atoms with Crippen LogP contribution in [0, 0.1) is 6.92 Å². The molecule has 0 aliphatic carbocycles. The van der Waals surface area contributed by atoms with Crippen molar-refractivity contribution in [3.8, 4) is 22.5 Å². The van der Waals surface area contributed by atoms with Crippen LogP contribution in [0.5, 0.6) is 0 Å². The van der Waals surface area contributed by atoms with E-state index in [-0.39, 0.29) is 5.69 Å². The molecule has 0 atom stereocenters. The molecule has 0 saturated carbocycles. The molecule has 154 valence electrons. The molecule has 0 unspecified atom stereocenters. The third-order valence-corrected chi connectivity index (χ3v) is 4.39. The second kappa shape index (κ2) is 8.24. The van der Waals surface area contributed by atoms with E-state index in [1.807, 2.05) is 31.2 Å². The van der Waals surface area contributed by atoms with Crippen LogP contribution in [0.2, 0.25) is 5.02 Å². The number of ether oxygens (including phenoxy) is 1. The van der Waals surface area contributed by atoms with E-state index >= 15 is 0 Å². The summed E-state index contributed by atoms with van der Waals surface area (Å²) >= 11 is 5.99. The number of halogens is 1. The first kappa shape index (κ1) is 21.5. The van der Waals surface area contributed by atoms with Crippen molar-refractivity contribution >= 4 is 23.5 Å². The number of carboxylic acid groups (broad SMARTS) is 1. The van der Waals surface area contributed by atoms with Crippen LogP contribution in [0.25, 0.3) is 22.5 Å². The molecular weight excluding hydrogens is 404 g/mol. The number of aromatic carboxylic acids is 1. The maximum Gasteiger partial charge on any atom is 0.360 e. The molecule has 7 heteroatoms. The molecule has 0 radical (unpaired) electrons. The summed E-state index contributed by atoms with van der Waals surface area (Å²) in [4.78, 5) is 33.3. The standard InChI is InChI=1S/C23H21ClN2O4/c1-13-5-7-14(8-6-13)18-17(15-9-11-16(24)12-10-15)25-19(21(27)28)20(26-18)22(29)30-23(2,3)4/h5-12H,1-4H3,(H,27,28). The minimum Gasteiger partial charge on any atom is -0.476 e. The number of carboxylic acids is 1. The van der Waals surface area contributed by atoms with Crippen molar-refractivity contribution < 1.29 is 19.4 Å². The first-order valence-corrected chi connectivity index (χ1v) is 9.64. The minimum absolute atomic E-state index is 0.334. The maximum absolute atomic E-state index is 12.7. The van der Waals surface area contributed by atoms with Crippen LogP contribution in [-0.2, 0) is 4.74 Å². The van der Waals surface area contributed by atoms with Crippen LogP contribution in [0.15, 0.2) is 48.5 Å². The number of esters is 1. The van der Waals surface area contributed by atoms with E-state index in [2.05, 4.69) is 9.97 Å². The van der Waals surface area contributed by atoms with Crippen LogP contribution in [0.1, 0.15) is 47.3 Å². The summed E-state index contributed by atoms with van der Waals surface area (Å²) < 4.78 is 5.36. The number of aromatic nitrogens is 2. The topological polar surface area (TPSA) is 89.4 Å². The normalized spacial score (nSPS) is 11.2. The summed E-state index contributed by atoms with van der Waals surface area (Å²) in [7, 11) is 0. The summed E-state index contributed by atoms with van der Waals surface area (Å²) in [5, 5.41) is 10.2. The molecule has 0 fully saturated rings. The SMILES string of the molecule is Cc1ccc(-c2nc(C(=O)OC(C)(C)C)c(C(=O)O)nc2-c2ccc(Cl)cc2)cc1. The molecule has 3 aromatic rings. The molecule has 3 rings (SSSR count). The van der Waals surface area contributed by atoms with E-state index < -0.39 is 23.2 Å². The number of hydrogen-bond acceptors (Lipinski definition) is 5. The lowest BCUT2D eigenvalue weighted by atomic mass is 10.0. The average molecular weight is 425 g/mol. The quantitative estimate of drug-likeness (QED) is 0.562. The minimum atomic E-state index is -1.37. The number of benzene rings is 2. The van der Waals surface area contributed by atoms with Gasteiger partial charge in [0.1, 0.15) is 5.60 Å². The van der Waals surface area contributed by atoms with Crippen molar-refractivity contribution in [1.82, 2.24) is 9.97 Å². The highest BCUT2D eigenvalue weighted by Gasteiger charge is 2.28. The molecule has 0 saturated heterocycles. The van der Waals surface area contributed by atoms with Crippen LogP contribution in [0.4, 0.5) is 0 Å². The molecular formula is C23H21ClN2O4. The Morgan fingerprint density at radius 1 is 0.867 bits per heavy atom. The smallest absolute Gasteiger partial charge is 0.360 e. The van der Waals surface area contributed by atoms with Crippen molar-refractivity contribution in [2.45, 2.75) is 33.3 Å². The fourth-order valence-electron chi connectivity index (χ4n) is 2.77. The lowest BCUT2D eigenvalue weighted by molar-refractivity contribution is 0.00583. The predicted molar refractivity (Wildman–Crippen MR) is 115 cm³/mol. The monoisotopic (exact) mass is 424 g/mol. The molecule has 0 amide bonds. The number of hydrogen-bond donors (Lipinski definition) is 1. The van der Waals surface area contributed by atoms with E-state index in [0.29, 0.717) is 27.5 Å². The number of carbonyl (C=O) groups excluding carboxylic acids is 1. The van der Waals surface area contributed by atoms with Gasteiger partial charge in [0.15, 0.2) is 11.4 Å². The number of nitrogens with zero attached hydrogens (tertiary/aromatic N) is 2. The van der Waals surface area contributed by atoms with Gasteiger partial charge in [-0.3, -0.25) is 0 Å². The van der Waals surface area contributed by atoms with Crippen molar-refractivity contribution in [1.29, 1.82) is 0 Å². The van der Waals surface area contributed by atoms with Gasteiger partial charge in [0.2, 0.25) is 0 Å². The van der Waals surface area contributed by atoms with Crippen LogP contribution < -0.4 is 0 Å². The first-order valence-electron chi connectivity index (χ1n) is 9.27. The zero-order chi connectivity index (χ0) is 22.1. The van der Waals surface area contributed by atoms with E-state index in [0.717, 1.165) is 5.56 Å². The number of aryl methyl sites for hydroxylation is 1. The van der Waals surface area contributed by atoms with Crippen molar-refractivity contribution in [2.24, 2.45) is 0 Å². The summed E-state index contributed by atoms with van der Waals surface area (Å²) in [5.74, 6) is -2.21. The van der Waals surface area contributed by atoms with E-state index in [4.69, 9.17) is 16.3 Å². The van der Waals surface area contributed by atoms with E-state index in [1.54, 1.807) is 45.0 Å². The molecule has 1 heterocycles. The van der Waals surface area contributed by atoms with Gasteiger partial charge < -0.3 is 9.84 Å². The van der Waals surface area contributed by atoms with Gasteiger partial charge >= 0.3 is 11.9 Å². The van der Waals surface area contributed by atoms with Gasteiger partial charge in [-0.15, -0.1) is 0 Å². The highest BCUT2D eigenvalue weighted by atomic mass is 35.5. The Morgan fingerprint density at radius 3 is 1.80 bits per heavy atom. The lowest BCUT2D eigenvalue weighted by Gasteiger charge is -2.20. The van der Waals surface area contributed by atoms with E-state index in [9.17, 15) is 14.7 Å². The zero-order valence-electron chi connectivity index (χ0n) is 17.1. The third kappa shape index (κ3) is 4.83. The van der Waals surface area contributed by atoms with Gasteiger partial charge in [0.05, 0.1) is 11.4 Å². The largest absolute Gasteiger partial charge is 0.476 e. The summed E-state index contributed by atoms with van der Waals surface area (Å²) in [6.45, 7) is 7.04. The molecule has 0 bridgehead atoms. The highest BCUT2D eigenvalue weighted by Crippen LogP contribution is 2.31. The van der Waals surface area contributed by atoms with Crippen LogP contribution in [0.3, 0.4) is 0 Å². The molecule has 0 spiro atoms. The average Bonchev–Trinajstić information content (AvgIpc) is 2.67. The second-order valence-corrected chi connectivity index (χ2v) is 8.23. The number of carbonyl (C=O) groups is 2. The fraction of sp³-hybridized carbons (Fsp3) is 0.217. The Morgan fingerprint density at radius 2 is 1.33 bits per heavy atom. The first-order chi connectivity index (χ1) is 14.0. The fourth-order valence-corrected chi connectivity index (χ4v) is 2.90. The van der Waals surface area contributed by atoms with Gasteiger partial charge in [0.25, 0.3) is 0 Å². The zero-order valence-corrected chi connectivity index (χ0v) is 17.8. The lowest BCUT2D eigenvalue weighted by Crippen LogP contribution is -2.26. The highest BCUT2D eigenvalue weighted by molar-refractivity contribution is 6.30. The summed E-state index contributed by atoms with van der Waals surface area (Å²) in [6, 6.07) is 14.3. The molecule has 1 N–H and O–H groups in total. The molecule has 0 aliphatic rings. The Hall–Kier alpha value is -3.25. The van der Waals surface area contributed by atoms with Crippen LogP contribution >= 0.6 is 11.6 Å². The van der Waals surface area contributed by atoms with Gasteiger partial charge in [-0.2, -0.15) is 0 Å².